The largest absolute Gasteiger partial charge is 0.504 e. The summed E-state index contributed by atoms with van der Waals surface area (Å²) in [7, 11) is 1.38. The van der Waals surface area contributed by atoms with Crippen molar-refractivity contribution in [1.29, 1.82) is 0 Å². The molecule has 6 heteroatoms. The molecule has 1 amide bonds. The number of anilines is 1. The van der Waals surface area contributed by atoms with Crippen LogP contribution in [-0.4, -0.2) is 30.2 Å². The Balaban J connectivity index is 3.16. The molecule has 20 heavy (non-hydrogen) atoms. The molecule has 1 rings (SSSR count). The van der Waals surface area contributed by atoms with Gasteiger partial charge in [0.05, 0.1) is 18.4 Å². The van der Waals surface area contributed by atoms with Crippen molar-refractivity contribution in [2.75, 3.05) is 12.4 Å². The molecule has 0 saturated carbocycles. The molecule has 0 saturated heterocycles. The fourth-order valence-electron chi connectivity index (χ4n) is 1.64. The number of amides is 1. The van der Waals surface area contributed by atoms with Crippen molar-refractivity contribution in [1.82, 2.24) is 0 Å². The first-order chi connectivity index (χ1) is 9.19. The van der Waals surface area contributed by atoms with Crippen molar-refractivity contribution in [3.63, 3.8) is 0 Å². The molecule has 1 aromatic rings. The van der Waals surface area contributed by atoms with Gasteiger partial charge >= 0.3 is 6.09 Å². The van der Waals surface area contributed by atoms with Gasteiger partial charge in [0.1, 0.15) is 5.60 Å². The number of nitrogens with one attached hydrogen (secondary N) is 1. The van der Waals surface area contributed by atoms with Crippen molar-refractivity contribution in [3.05, 3.63) is 17.2 Å². The van der Waals surface area contributed by atoms with Crippen molar-refractivity contribution < 1.29 is 24.2 Å². The van der Waals surface area contributed by atoms with E-state index in [0.717, 1.165) is 0 Å². The standard InChI is InChI=1S/C14H19NO5/c1-8-6-10(19-5)12(17)9(7-16)11(8)15-13(18)20-14(2,3)4/h6-7,17H,1-5H3,(H,15,18). The summed E-state index contributed by atoms with van der Waals surface area (Å²) in [5, 5.41) is 12.4. The minimum Gasteiger partial charge on any atom is -0.504 e. The van der Waals surface area contributed by atoms with Gasteiger partial charge in [0.15, 0.2) is 17.8 Å². The molecule has 0 aliphatic heterocycles. The maximum Gasteiger partial charge on any atom is 0.412 e. The van der Waals surface area contributed by atoms with Gasteiger partial charge in [0, 0.05) is 0 Å². The molecule has 0 aliphatic rings. The van der Waals surface area contributed by atoms with E-state index >= 15 is 0 Å². The van der Waals surface area contributed by atoms with Crippen LogP contribution >= 0.6 is 0 Å². The number of methoxy groups -OCH3 is 1. The molecule has 0 bridgehead atoms. The molecule has 0 radical (unpaired) electrons. The van der Waals surface area contributed by atoms with Gasteiger partial charge < -0.3 is 14.6 Å². The Bertz CT molecular complexity index is 531. The minimum atomic E-state index is -0.701. The van der Waals surface area contributed by atoms with E-state index in [9.17, 15) is 14.7 Å². The third kappa shape index (κ3) is 3.63. The van der Waals surface area contributed by atoms with Gasteiger partial charge in [0.2, 0.25) is 0 Å². The number of hydrogen-bond donors (Lipinski definition) is 2. The summed E-state index contributed by atoms with van der Waals surface area (Å²) in [6, 6.07) is 1.52. The van der Waals surface area contributed by atoms with E-state index < -0.39 is 11.7 Å². The zero-order chi connectivity index (χ0) is 15.5. The highest BCUT2D eigenvalue weighted by Gasteiger charge is 2.21. The number of carbonyl (C=O) groups excluding carboxylic acids is 2. The monoisotopic (exact) mass is 281 g/mol. The van der Waals surface area contributed by atoms with Crippen LogP contribution in [-0.2, 0) is 4.74 Å². The van der Waals surface area contributed by atoms with Crippen LogP contribution in [0.15, 0.2) is 6.07 Å². The number of benzene rings is 1. The first kappa shape index (κ1) is 15.8. The second kappa shape index (κ2) is 5.81. The number of aromatic hydroxyl groups is 1. The molecular weight excluding hydrogens is 262 g/mol. The molecule has 110 valence electrons. The smallest absolute Gasteiger partial charge is 0.412 e. The average molecular weight is 281 g/mol. The second-order valence-electron chi connectivity index (χ2n) is 5.28. The molecule has 6 nitrogen and oxygen atoms in total. The van der Waals surface area contributed by atoms with Crippen molar-refractivity contribution >= 4 is 18.1 Å². The maximum absolute atomic E-state index is 11.8. The number of aryl methyl sites for hydroxylation is 1. The van der Waals surface area contributed by atoms with E-state index in [0.29, 0.717) is 11.8 Å². The van der Waals surface area contributed by atoms with E-state index in [2.05, 4.69) is 5.32 Å². The highest BCUT2D eigenvalue weighted by molar-refractivity contribution is 5.97. The highest BCUT2D eigenvalue weighted by Crippen LogP contribution is 2.36. The number of ether oxygens (including phenoxy) is 2. The molecule has 0 aliphatic carbocycles. The molecule has 0 atom stereocenters. The average Bonchev–Trinajstić information content (AvgIpc) is 2.31. The minimum absolute atomic E-state index is 0.0484. The van der Waals surface area contributed by atoms with E-state index in [4.69, 9.17) is 9.47 Å². The fraction of sp³-hybridized carbons (Fsp3) is 0.429. The Kier molecular flexibility index (Phi) is 4.60. The van der Waals surface area contributed by atoms with Gasteiger partial charge in [-0.05, 0) is 39.3 Å². The van der Waals surface area contributed by atoms with Crippen LogP contribution in [0, 0.1) is 6.92 Å². The third-order valence-electron chi connectivity index (χ3n) is 2.46. The van der Waals surface area contributed by atoms with Gasteiger partial charge in [0.25, 0.3) is 0 Å². The lowest BCUT2D eigenvalue weighted by Crippen LogP contribution is -2.27. The summed E-state index contributed by atoms with van der Waals surface area (Å²) in [6.07, 6.45) is -0.245. The molecule has 0 spiro atoms. The van der Waals surface area contributed by atoms with Crippen LogP contribution in [0.3, 0.4) is 0 Å². The summed E-state index contributed by atoms with van der Waals surface area (Å²) in [6.45, 7) is 6.87. The molecule has 0 fully saturated rings. The number of aldehydes is 1. The first-order valence-electron chi connectivity index (χ1n) is 6.05. The summed E-state index contributed by atoms with van der Waals surface area (Å²) in [5.41, 5.74) is 0.0706. The highest BCUT2D eigenvalue weighted by atomic mass is 16.6. The Morgan fingerprint density at radius 2 is 2.00 bits per heavy atom. The van der Waals surface area contributed by atoms with Gasteiger partial charge in [-0.2, -0.15) is 0 Å². The van der Waals surface area contributed by atoms with Crippen LogP contribution in [0.5, 0.6) is 11.5 Å². The molecule has 0 aromatic heterocycles. The SMILES string of the molecule is COc1cc(C)c(NC(=O)OC(C)(C)C)c(C=O)c1O. The van der Waals surface area contributed by atoms with Crippen LogP contribution in [0.25, 0.3) is 0 Å². The predicted octanol–water partition coefficient (Wildman–Crippen LogP) is 2.87. The van der Waals surface area contributed by atoms with E-state index in [1.54, 1.807) is 27.7 Å². The normalized spacial score (nSPS) is 10.8. The van der Waals surface area contributed by atoms with E-state index in [-0.39, 0.29) is 22.7 Å². The summed E-state index contributed by atoms with van der Waals surface area (Å²) >= 11 is 0. The van der Waals surface area contributed by atoms with Crippen LogP contribution < -0.4 is 10.1 Å². The second-order valence-corrected chi connectivity index (χ2v) is 5.28. The number of carbonyl (C=O) groups is 2. The Morgan fingerprint density at radius 3 is 2.45 bits per heavy atom. The molecule has 0 unspecified atom stereocenters. The first-order valence-corrected chi connectivity index (χ1v) is 6.05. The van der Waals surface area contributed by atoms with Crippen LogP contribution in [0.2, 0.25) is 0 Å². The zero-order valence-electron chi connectivity index (χ0n) is 12.2. The number of hydrogen-bond acceptors (Lipinski definition) is 5. The fourth-order valence-corrected chi connectivity index (χ4v) is 1.64. The predicted molar refractivity (Wildman–Crippen MR) is 74.6 cm³/mol. The third-order valence-corrected chi connectivity index (χ3v) is 2.46. The quantitative estimate of drug-likeness (QED) is 0.832. The van der Waals surface area contributed by atoms with E-state index in [1.165, 1.54) is 13.2 Å². The lowest BCUT2D eigenvalue weighted by molar-refractivity contribution is 0.0636. The van der Waals surface area contributed by atoms with Gasteiger partial charge in [-0.15, -0.1) is 0 Å². The lowest BCUT2D eigenvalue weighted by atomic mass is 10.1. The maximum atomic E-state index is 11.8. The summed E-state index contributed by atoms with van der Waals surface area (Å²) in [5.74, 6) is -0.154. The topological polar surface area (TPSA) is 84.9 Å². The van der Waals surface area contributed by atoms with Crippen molar-refractivity contribution in [2.24, 2.45) is 0 Å². The number of phenolic OH excluding ortho intramolecular Hbond substituents is 1. The number of rotatable bonds is 3. The zero-order valence-corrected chi connectivity index (χ0v) is 12.2. The lowest BCUT2D eigenvalue weighted by Gasteiger charge is -2.21. The Hall–Kier alpha value is -2.24. The van der Waals surface area contributed by atoms with Crippen LogP contribution in [0.1, 0.15) is 36.7 Å². The Morgan fingerprint density at radius 1 is 1.40 bits per heavy atom. The number of phenols is 1. The summed E-state index contributed by atoms with van der Waals surface area (Å²) in [4.78, 5) is 22.9. The van der Waals surface area contributed by atoms with Gasteiger partial charge in [-0.1, -0.05) is 0 Å². The molecule has 1 aromatic carbocycles. The molecule has 0 heterocycles. The summed E-state index contributed by atoms with van der Waals surface area (Å²) < 4.78 is 10.1. The van der Waals surface area contributed by atoms with Crippen molar-refractivity contribution in [2.45, 2.75) is 33.3 Å². The van der Waals surface area contributed by atoms with E-state index in [1.807, 2.05) is 0 Å². The Labute approximate surface area is 117 Å². The van der Waals surface area contributed by atoms with Gasteiger partial charge in [-0.25, -0.2) is 4.79 Å². The molecule has 2 N–H and O–H groups in total. The van der Waals surface area contributed by atoms with Crippen LogP contribution in [0.4, 0.5) is 10.5 Å². The van der Waals surface area contributed by atoms with Gasteiger partial charge in [-0.3, -0.25) is 10.1 Å². The molecular formula is C14H19NO5. The van der Waals surface area contributed by atoms with Crippen molar-refractivity contribution in [3.8, 4) is 11.5 Å².